The number of carbonyl (C=O) groups is 1. The molecule has 0 radical (unpaired) electrons. The molecule has 0 atom stereocenters. The number of aryl methyl sites for hydroxylation is 1. The van der Waals surface area contributed by atoms with E-state index in [-0.39, 0.29) is 28.8 Å². The highest BCUT2D eigenvalue weighted by molar-refractivity contribution is 5.94. The number of hydrogen-bond acceptors (Lipinski definition) is 8. The van der Waals surface area contributed by atoms with Gasteiger partial charge in [-0.05, 0) is 125 Å². The van der Waals surface area contributed by atoms with Gasteiger partial charge in [-0.2, -0.15) is 0 Å². The standard InChI is InChI=1S/C43H48FN7O3/c1-29-25-46-39(27-45-29)40(52)22-30-10-14-36(15-11-30)51-42(53)38-24-34(44)26-47-41(38)50(43(51)54)37-7-5-6-33(23-37)32-12-8-31(9-13-32)28-48-20-16-35(17-21-48)49-18-3-2-4-19-49/h5-9,12-13,23-27,30,35-36H,2-4,10-11,14-22,28H2,1H3. The zero-order valence-corrected chi connectivity index (χ0v) is 31.0. The van der Waals surface area contributed by atoms with Gasteiger partial charge in [0.05, 0.1) is 29.2 Å². The highest BCUT2D eigenvalue weighted by atomic mass is 19.1. The molecule has 0 amide bonds. The second-order valence-corrected chi connectivity index (χ2v) is 15.5. The molecular weight excluding hydrogens is 682 g/mol. The van der Waals surface area contributed by atoms with Gasteiger partial charge in [0.1, 0.15) is 11.5 Å². The first-order valence-electron chi connectivity index (χ1n) is 19.6. The summed E-state index contributed by atoms with van der Waals surface area (Å²) in [7, 11) is 0. The first kappa shape index (κ1) is 36.1. The van der Waals surface area contributed by atoms with Crippen molar-refractivity contribution in [3.63, 3.8) is 0 Å². The van der Waals surface area contributed by atoms with E-state index in [1.54, 1.807) is 6.20 Å². The predicted molar refractivity (Wildman–Crippen MR) is 207 cm³/mol. The number of ketones is 1. The van der Waals surface area contributed by atoms with Crippen molar-refractivity contribution < 1.29 is 9.18 Å². The fourth-order valence-corrected chi connectivity index (χ4v) is 8.86. The Morgan fingerprint density at radius 1 is 0.778 bits per heavy atom. The molecule has 5 heterocycles. The lowest BCUT2D eigenvalue weighted by molar-refractivity contribution is 0.0896. The van der Waals surface area contributed by atoms with Crippen LogP contribution < -0.4 is 11.2 Å². The van der Waals surface area contributed by atoms with Gasteiger partial charge in [-0.1, -0.05) is 42.8 Å². The van der Waals surface area contributed by atoms with Crippen LogP contribution in [0.15, 0.2) is 82.8 Å². The molecule has 8 rings (SSSR count). The Kier molecular flexibility index (Phi) is 10.6. The van der Waals surface area contributed by atoms with Gasteiger partial charge in [0.25, 0.3) is 5.56 Å². The van der Waals surface area contributed by atoms with Crippen molar-refractivity contribution in [1.29, 1.82) is 0 Å². The summed E-state index contributed by atoms with van der Waals surface area (Å²) >= 11 is 0. The van der Waals surface area contributed by atoms with E-state index >= 15 is 0 Å². The minimum absolute atomic E-state index is 0.0552. The van der Waals surface area contributed by atoms with E-state index in [2.05, 4.69) is 49.0 Å². The lowest BCUT2D eigenvalue weighted by Gasteiger charge is -2.40. The number of benzene rings is 2. The number of hydrogen-bond donors (Lipinski definition) is 0. The summed E-state index contributed by atoms with van der Waals surface area (Å²) in [6.07, 6.45) is 13.4. The molecule has 3 aromatic heterocycles. The Morgan fingerprint density at radius 2 is 1.54 bits per heavy atom. The summed E-state index contributed by atoms with van der Waals surface area (Å²) < 4.78 is 17.3. The van der Waals surface area contributed by atoms with Crippen LogP contribution in [-0.2, 0) is 6.54 Å². The third kappa shape index (κ3) is 7.70. The summed E-state index contributed by atoms with van der Waals surface area (Å²) in [4.78, 5) is 59.1. The zero-order chi connectivity index (χ0) is 37.2. The van der Waals surface area contributed by atoms with Crippen LogP contribution in [0.1, 0.15) is 92.0 Å². The maximum atomic E-state index is 14.6. The second kappa shape index (κ2) is 15.8. The predicted octanol–water partition coefficient (Wildman–Crippen LogP) is 6.91. The van der Waals surface area contributed by atoms with E-state index in [4.69, 9.17) is 0 Å². The lowest BCUT2D eigenvalue weighted by Crippen LogP contribution is -2.46. The smallest absolute Gasteiger partial charge is 0.300 e. The van der Waals surface area contributed by atoms with Crippen LogP contribution >= 0.6 is 0 Å². The van der Waals surface area contributed by atoms with Gasteiger partial charge in [-0.25, -0.2) is 23.7 Å². The van der Waals surface area contributed by atoms with Crippen LogP contribution in [0.3, 0.4) is 0 Å². The van der Waals surface area contributed by atoms with Gasteiger partial charge in [0.2, 0.25) is 0 Å². The van der Waals surface area contributed by atoms with E-state index in [0.717, 1.165) is 48.7 Å². The largest absolute Gasteiger partial charge is 0.337 e. The summed E-state index contributed by atoms with van der Waals surface area (Å²) in [6.45, 7) is 7.52. The quantitative estimate of drug-likeness (QED) is 0.151. The number of pyridine rings is 1. The van der Waals surface area contributed by atoms with Crippen molar-refractivity contribution >= 4 is 16.8 Å². The molecule has 0 bridgehead atoms. The molecule has 2 saturated heterocycles. The van der Waals surface area contributed by atoms with E-state index in [0.29, 0.717) is 43.5 Å². The fourth-order valence-electron chi connectivity index (χ4n) is 8.86. The van der Waals surface area contributed by atoms with E-state index < -0.39 is 17.1 Å². The number of piperidine rings is 2. The number of likely N-dealkylation sites (tertiary alicyclic amines) is 2. The Bertz CT molecular complexity index is 2230. The van der Waals surface area contributed by atoms with E-state index in [1.165, 1.54) is 72.2 Å². The molecule has 11 heteroatoms. The summed E-state index contributed by atoms with van der Waals surface area (Å²) in [5, 5.41) is 0.0552. The monoisotopic (exact) mass is 729 g/mol. The molecular formula is C43H48FN7O3. The minimum Gasteiger partial charge on any atom is -0.300 e. The molecule has 1 saturated carbocycles. The van der Waals surface area contributed by atoms with Crippen molar-refractivity contribution in [3.8, 4) is 16.8 Å². The van der Waals surface area contributed by atoms with Crippen LogP contribution in [0, 0.1) is 18.7 Å². The van der Waals surface area contributed by atoms with Crippen molar-refractivity contribution in [1.82, 2.24) is 33.9 Å². The van der Waals surface area contributed by atoms with E-state index in [1.807, 2.05) is 31.2 Å². The van der Waals surface area contributed by atoms with Gasteiger partial charge in [-0.15, -0.1) is 0 Å². The Labute approximate surface area is 314 Å². The number of fused-ring (bicyclic) bond motifs is 1. The van der Waals surface area contributed by atoms with Crippen molar-refractivity contribution in [3.05, 3.63) is 117 Å². The highest BCUT2D eigenvalue weighted by Gasteiger charge is 2.29. The Hall–Kier alpha value is -4.87. The molecule has 2 aromatic carbocycles. The maximum absolute atomic E-state index is 14.6. The van der Waals surface area contributed by atoms with Crippen LogP contribution in [-0.4, -0.2) is 71.9 Å². The van der Waals surface area contributed by atoms with Crippen molar-refractivity contribution in [2.24, 2.45) is 5.92 Å². The molecule has 3 fully saturated rings. The first-order valence-corrected chi connectivity index (χ1v) is 19.6. The van der Waals surface area contributed by atoms with Gasteiger partial charge in [0.15, 0.2) is 11.4 Å². The molecule has 54 heavy (non-hydrogen) atoms. The average Bonchev–Trinajstić information content (AvgIpc) is 3.20. The summed E-state index contributed by atoms with van der Waals surface area (Å²) in [5.74, 6) is -0.595. The highest BCUT2D eigenvalue weighted by Crippen LogP contribution is 2.34. The first-order chi connectivity index (χ1) is 26.3. The van der Waals surface area contributed by atoms with Gasteiger partial charge >= 0.3 is 5.69 Å². The summed E-state index contributed by atoms with van der Waals surface area (Å²) in [6, 6.07) is 17.8. The number of nitrogens with zero attached hydrogens (tertiary/aromatic N) is 7. The molecule has 280 valence electrons. The number of halogens is 1. The summed E-state index contributed by atoms with van der Waals surface area (Å²) in [5.41, 5.74) is 3.93. The number of carbonyl (C=O) groups excluding carboxylic acids is 1. The third-order valence-electron chi connectivity index (χ3n) is 11.9. The van der Waals surface area contributed by atoms with Crippen LogP contribution in [0.4, 0.5) is 4.39 Å². The zero-order valence-electron chi connectivity index (χ0n) is 31.0. The minimum atomic E-state index is -0.641. The molecule has 0 unspecified atom stereocenters. The third-order valence-corrected chi connectivity index (χ3v) is 11.9. The SMILES string of the molecule is Cc1cnc(C(=O)CC2CCC(n3c(=O)c4cc(F)cnc4n(-c4cccc(-c5ccc(CN6CCC(N7CCCCC7)CC6)cc5)c4)c3=O)CC2)cn1. The molecule has 2 aliphatic heterocycles. The number of rotatable bonds is 9. The average molecular weight is 730 g/mol. The van der Waals surface area contributed by atoms with Crippen LogP contribution in [0.2, 0.25) is 0 Å². The second-order valence-electron chi connectivity index (χ2n) is 15.5. The fraction of sp³-hybridized carbons (Fsp3) is 0.442. The molecule has 0 spiro atoms. The number of aromatic nitrogens is 5. The van der Waals surface area contributed by atoms with Gasteiger partial charge < -0.3 is 4.90 Å². The van der Waals surface area contributed by atoms with Gasteiger partial charge in [-0.3, -0.25) is 24.0 Å². The van der Waals surface area contributed by atoms with Gasteiger partial charge in [0, 0.05) is 31.2 Å². The Balaban J connectivity index is 1.000. The van der Waals surface area contributed by atoms with Crippen LogP contribution in [0.25, 0.3) is 27.8 Å². The maximum Gasteiger partial charge on any atom is 0.337 e. The molecule has 5 aromatic rings. The topological polar surface area (TPSA) is 106 Å². The lowest BCUT2D eigenvalue weighted by atomic mass is 9.82. The normalized spacial score (nSPS) is 20.3. The molecule has 3 aliphatic rings. The van der Waals surface area contributed by atoms with Crippen molar-refractivity contribution in [2.75, 3.05) is 26.2 Å². The number of Topliss-reactive ketones (excluding diaryl/α,β-unsaturated/α-hetero) is 1. The Morgan fingerprint density at radius 3 is 2.26 bits per heavy atom. The van der Waals surface area contributed by atoms with E-state index in [9.17, 15) is 18.8 Å². The molecule has 1 aliphatic carbocycles. The van der Waals surface area contributed by atoms with Crippen LogP contribution in [0.5, 0.6) is 0 Å². The molecule has 0 N–H and O–H groups in total. The van der Waals surface area contributed by atoms with Crippen molar-refractivity contribution in [2.45, 2.75) is 89.8 Å². The molecule has 10 nitrogen and oxygen atoms in total.